The van der Waals surface area contributed by atoms with E-state index >= 15 is 0 Å². The highest BCUT2D eigenvalue weighted by molar-refractivity contribution is 5.92. The van der Waals surface area contributed by atoms with Gasteiger partial charge >= 0.3 is 0 Å². The molecule has 1 unspecified atom stereocenters. The van der Waals surface area contributed by atoms with Crippen molar-refractivity contribution in [3.63, 3.8) is 0 Å². The summed E-state index contributed by atoms with van der Waals surface area (Å²) >= 11 is 0. The molecule has 3 N–H and O–H groups in total. The molecule has 21 heavy (non-hydrogen) atoms. The maximum Gasteiger partial charge on any atom is 0.227 e. The predicted molar refractivity (Wildman–Crippen MR) is 82.7 cm³/mol. The third-order valence-electron chi connectivity index (χ3n) is 3.87. The summed E-state index contributed by atoms with van der Waals surface area (Å²) in [7, 11) is 0. The Morgan fingerprint density at radius 2 is 2.14 bits per heavy atom. The first-order valence-electron chi connectivity index (χ1n) is 7.48. The summed E-state index contributed by atoms with van der Waals surface area (Å²) in [6.07, 6.45) is 0.816. The summed E-state index contributed by atoms with van der Waals surface area (Å²) in [4.78, 5) is 23.6. The first kappa shape index (κ1) is 15.5. The lowest BCUT2D eigenvalue weighted by Gasteiger charge is -2.25. The zero-order chi connectivity index (χ0) is 15.2. The van der Waals surface area contributed by atoms with Crippen LogP contribution in [0.1, 0.15) is 25.8 Å². The number of benzene rings is 1. The molecule has 1 aliphatic rings. The van der Waals surface area contributed by atoms with Gasteiger partial charge in [-0.25, -0.2) is 0 Å². The lowest BCUT2D eigenvalue weighted by Crippen LogP contribution is -2.50. The third kappa shape index (κ3) is 4.29. The molecule has 5 heteroatoms. The molecule has 1 saturated heterocycles. The van der Waals surface area contributed by atoms with Gasteiger partial charge in [0.15, 0.2) is 0 Å². The average Bonchev–Trinajstić information content (AvgIpc) is 2.42. The van der Waals surface area contributed by atoms with Crippen molar-refractivity contribution in [2.45, 2.75) is 26.8 Å². The van der Waals surface area contributed by atoms with Crippen molar-refractivity contribution in [1.29, 1.82) is 0 Å². The van der Waals surface area contributed by atoms with E-state index in [0.29, 0.717) is 6.54 Å². The van der Waals surface area contributed by atoms with Crippen molar-refractivity contribution in [3.05, 3.63) is 29.8 Å². The van der Waals surface area contributed by atoms with E-state index in [-0.39, 0.29) is 23.7 Å². The molecule has 0 spiro atoms. The van der Waals surface area contributed by atoms with Gasteiger partial charge in [-0.2, -0.15) is 0 Å². The number of carbonyl (C=O) groups excluding carboxylic acids is 2. The maximum absolute atomic E-state index is 11.9. The van der Waals surface area contributed by atoms with Crippen LogP contribution < -0.4 is 16.0 Å². The molecular weight excluding hydrogens is 266 g/mol. The highest BCUT2D eigenvalue weighted by Gasteiger charge is 2.24. The fourth-order valence-electron chi connectivity index (χ4n) is 2.02. The Kier molecular flexibility index (Phi) is 5.33. The normalized spacial score (nSPS) is 15.9. The fourth-order valence-corrected chi connectivity index (χ4v) is 2.02. The van der Waals surface area contributed by atoms with Crippen molar-refractivity contribution in [1.82, 2.24) is 10.6 Å². The minimum Gasteiger partial charge on any atom is -0.352 e. The van der Waals surface area contributed by atoms with Crippen molar-refractivity contribution >= 4 is 17.5 Å². The van der Waals surface area contributed by atoms with Gasteiger partial charge in [0.1, 0.15) is 0 Å². The summed E-state index contributed by atoms with van der Waals surface area (Å²) in [5, 5.41) is 8.91. The van der Waals surface area contributed by atoms with E-state index in [1.807, 2.05) is 38.1 Å². The van der Waals surface area contributed by atoms with Crippen molar-refractivity contribution in [2.75, 3.05) is 18.4 Å². The van der Waals surface area contributed by atoms with Gasteiger partial charge in [0.05, 0.1) is 5.92 Å². The van der Waals surface area contributed by atoms with E-state index in [2.05, 4.69) is 16.0 Å². The summed E-state index contributed by atoms with van der Waals surface area (Å²) < 4.78 is 0. The minimum absolute atomic E-state index is 0.000486. The van der Waals surface area contributed by atoms with Gasteiger partial charge in [-0.3, -0.25) is 9.59 Å². The molecule has 1 heterocycles. The largest absolute Gasteiger partial charge is 0.352 e. The van der Waals surface area contributed by atoms with Crippen molar-refractivity contribution < 1.29 is 9.59 Å². The topological polar surface area (TPSA) is 70.2 Å². The smallest absolute Gasteiger partial charge is 0.227 e. The van der Waals surface area contributed by atoms with Crippen LogP contribution >= 0.6 is 0 Å². The molecule has 0 aromatic heterocycles. The van der Waals surface area contributed by atoms with Gasteiger partial charge in [0.25, 0.3) is 0 Å². The van der Waals surface area contributed by atoms with E-state index in [1.54, 1.807) is 0 Å². The van der Waals surface area contributed by atoms with Crippen LogP contribution in [0.5, 0.6) is 0 Å². The molecule has 5 nitrogen and oxygen atoms in total. The van der Waals surface area contributed by atoms with E-state index in [0.717, 1.165) is 30.8 Å². The van der Waals surface area contributed by atoms with E-state index in [9.17, 15) is 9.59 Å². The second kappa shape index (κ2) is 7.22. The van der Waals surface area contributed by atoms with Crippen molar-refractivity contribution in [2.24, 2.45) is 11.8 Å². The first-order valence-corrected chi connectivity index (χ1v) is 7.48. The van der Waals surface area contributed by atoms with E-state index in [4.69, 9.17) is 0 Å². The third-order valence-corrected chi connectivity index (χ3v) is 3.87. The van der Waals surface area contributed by atoms with E-state index in [1.165, 1.54) is 0 Å². The van der Waals surface area contributed by atoms with Crippen LogP contribution in [0.4, 0.5) is 5.69 Å². The number of hydrogen-bond acceptors (Lipinski definition) is 3. The second-order valence-electron chi connectivity index (χ2n) is 5.57. The van der Waals surface area contributed by atoms with Gasteiger partial charge < -0.3 is 16.0 Å². The molecule has 0 saturated carbocycles. The monoisotopic (exact) mass is 289 g/mol. The lowest BCUT2D eigenvalue weighted by atomic mass is 10.0. The highest BCUT2D eigenvalue weighted by atomic mass is 16.2. The predicted octanol–water partition coefficient (Wildman–Crippen LogP) is 1.51. The van der Waals surface area contributed by atoms with Crippen LogP contribution in [-0.2, 0) is 16.1 Å². The van der Waals surface area contributed by atoms with Gasteiger partial charge in [0, 0.05) is 31.2 Å². The van der Waals surface area contributed by atoms with Crippen LogP contribution in [0.15, 0.2) is 24.3 Å². The Morgan fingerprint density at radius 3 is 2.76 bits per heavy atom. The molecule has 1 aromatic rings. The molecule has 0 aliphatic carbocycles. The van der Waals surface area contributed by atoms with Gasteiger partial charge in [0.2, 0.25) is 11.8 Å². The quantitative estimate of drug-likeness (QED) is 0.743. The molecule has 1 fully saturated rings. The summed E-state index contributed by atoms with van der Waals surface area (Å²) in [6, 6.07) is 7.60. The zero-order valence-electron chi connectivity index (χ0n) is 12.6. The fraction of sp³-hybridized carbons (Fsp3) is 0.500. The lowest BCUT2D eigenvalue weighted by molar-refractivity contribution is -0.126. The van der Waals surface area contributed by atoms with Crippen molar-refractivity contribution in [3.8, 4) is 0 Å². The standard InChI is InChI=1S/C16H23N3O2/c1-3-11(2)15(20)19-14-6-4-5-12(7-14)8-18-16(21)13-9-17-10-13/h4-7,11,13,17H,3,8-10H2,1-2H3,(H,18,21)(H,19,20). The summed E-state index contributed by atoms with van der Waals surface area (Å²) in [5.74, 6) is 0.208. The Bertz CT molecular complexity index is 512. The molecule has 0 bridgehead atoms. The molecule has 114 valence electrons. The number of carbonyl (C=O) groups is 2. The molecular formula is C16H23N3O2. The number of nitrogens with one attached hydrogen (secondary N) is 3. The number of rotatable bonds is 6. The van der Waals surface area contributed by atoms with Gasteiger partial charge in [-0.15, -0.1) is 0 Å². The SMILES string of the molecule is CCC(C)C(=O)Nc1cccc(CNC(=O)C2CNC2)c1. The van der Waals surface area contributed by atoms with Gasteiger partial charge in [-0.1, -0.05) is 26.0 Å². The van der Waals surface area contributed by atoms with Gasteiger partial charge in [-0.05, 0) is 24.1 Å². The van der Waals surface area contributed by atoms with Crippen LogP contribution in [0.3, 0.4) is 0 Å². The minimum atomic E-state index is -0.000486. The molecule has 1 aromatic carbocycles. The van der Waals surface area contributed by atoms with Crippen LogP contribution in [0.25, 0.3) is 0 Å². The maximum atomic E-state index is 11.9. The molecule has 2 amide bonds. The Labute approximate surface area is 125 Å². The number of hydrogen-bond donors (Lipinski definition) is 3. The molecule has 1 atom stereocenters. The Morgan fingerprint density at radius 1 is 1.38 bits per heavy atom. The average molecular weight is 289 g/mol. The van der Waals surface area contributed by atoms with Crippen LogP contribution in [-0.4, -0.2) is 24.9 Å². The Hall–Kier alpha value is -1.88. The zero-order valence-corrected chi connectivity index (χ0v) is 12.6. The first-order chi connectivity index (χ1) is 10.1. The number of anilines is 1. The number of amides is 2. The highest BCUT2D eigenvalue weighted by Crippen LogP contribution is 2.13. The van der Waals surface area contributed by atoms with Crippen LogP contribution in [0.2, 0.25) is 0 Å². The van der Waals surface area contributed by atoms with Crippen LogP contribution in [0, 0.1) is 11.8 Å². The second-order valence-corrected chi connectivity index (χ2v) is 5.57. The summed E-state index contributed by atoms with van der Waals surface area (Å²) in [5.41, 5.74) is 1.76. The van der Waals surface area contributed by atoms with E-state index < -0.39 is 0 Å². The molecule has 0 radical (unpaired) electrons. The summed E-state index contributed by atoms with van der Waals surface area (Å²) in [6.45, 7) is 5.91. The molecule has 2 rings (SSSR count). The Balaban J connectivity index is 1.88. The molecule has 1 aliphatic heterocycles.